The maximum absolute atomic E-state index is 11.6. The van der Waals surface area contributed by atoms with E-state index in [-0.39, 0.29) is 24.1 Å². The highest BCUT2D eigenvalue weighted by Crippen LogP contribution is 2.20. The Morgan fingerprint density at radius 2 is 2.00 bits per heavy atom. The lowest BCUT2D eigenvalue weighted by molar-refractivity contribution is -0.127. The van der Waals surface area contributed by atoms with Crippen molar-refractivity contribution >= 4 is 28.8 Å². The van der Waals surface area contributed by atoms with Gasteiger partial charge in [-0.3, -0.25) is 9.59 Å². The van der Waals surface area contributed by atoms with E-state index in [1.165, 1.54) is 0 Å². The van der Waals surface area contributed by atoms with Crippen molar-refractivity contribution in [3.63, 3.8) is 0 Å². The molecule has 3 N–H and O–H groups in total. The predicted octanol–water partition coefficient (Wildman–Crippen LogP) is 0.755. The van der Waals surface area contributed by atoms with E-state index in [1.54, 1.807) is 6.08 Å². The summed E-state index contributed by atoms with van der Waals surface area (Å²) in [6.07, 6.45) is 3.48. The molecule has 1 aliphatic heterocycles. The van der Waals surface area contributed by atoms with Crippen LogP contribution in [0.15, 0.2) is 36.2 Å². The molecule has 0 radical (unpaired) electrons. The second-order valence-corrected chi connectivity index (χ2v) is 4.08. The topological polar surface area (TPSA) is 74.0 Å². The molecular formula is C13H11N3O2. The molecule has 5 nitrogen and oxygen atoms in total. The van der Waals surface area contributed by atoms with Crippen molar-refractivity contribution < 1.29 is 9.59 Å². The molecule has 1 fully saturated rings. The number of H-pyrrole nitrogens is 1. The minimum absolute atomic E-state index is 0.0318. The van der Waals surface area contributed by atoms with E-state index in [1.807, 2.05) is 30.5 Å². The minimum Gasteiger partial charge on any atom is -0.361 e. The van der Waals surface area contributed by atoms with Gasteiger partial charge in [-0.05, 0) is 12.1 Å². The van der Waals surface area contributed by atoms with Crippen LogP contribution in [0.1, 0.15) is 5.56 Å². The Morgan fingerprint density at radius 1 is 1.17 bits per heavy atom. The number of nitrogens with one attached hydrogen (secondary N) is 3. The standard InChI is InChI=1S/C13H11N3O2/c17-12-7-15-13(18)11(16-12)5-8-6-14-10-4-2-1-3-9(8)10/h1-6,14H,7H2,(H,15,18)(H,16,17)/b11-5+. The summed E-state index contributed by atoms with van der Waals surface area (Å²) in [7, 11) is 0. The number of fused-ring (bicyclic) bond motifs is 1. The number of aromatic nitrogens is 1. The van der Waals surface area contributed by atoms with Crippen LogP contribution in [0.25, 0.3) is 17.0 Å². The SMILES string of the molecule is O=C1CNC(=O)/C(=C\c2c[nH]c3ccccc23)N1. The number of carbonyl (C=O) groups excluding carboxylic acids is 2. The van der Waals surface area contributed by atoms with E-state index in [9.17, 15) is 9.59 Å². The summed E-state index contributed by atoms with van der Waals surface area (Å²) in [4.78, 5) is 25.9. The first-order valence-corrected chi connectivity index (χ1v) is 5.60. The summed E-state index contributed by atoms with van der Waals surface area (Å²) < 4.78 is 0. The van der Waals surface area contributed by atoms with Gasteiger partial charge in [-0.25, -0.2) is 0 Å². The molecule has 1 saturated heterocycles. The van der Waals surface area contributed by atoms with Crippen molar-refractivity contribution in [1.82, 2.24) is 15.6 Å². The zero-order chi connectivity index (χ0) is 12.5. The van der Waals surface area contributed by atoms with E-state index in [0.717, 1.165) is 16.5 Å². The van der Waals surface area contributed by atoms with Crippen molar-refractivity contribution in [2.24, 2.45) is 0 Å². The quantitative estimate of drug-likeness (QED) is 0.645. The van der Waals surface area contributed by atoms with Crippen LogP contribution in [0.2, 0.25) is 0 Å². The van der Waals surface area contributed by atoms with E-state index in [2.05, 4.69) is 15.6 Å². The van der Waals surface area contributed by atoms with E-state index < -0.39 is 0 Å². The molecule has 0 saturated carbocycles. The molecule has 2 aromatic rings. The van der Waals surface area contributed by atoms with Crippen LogP contribution in [-0.2, 0) is 9.59 Å². The van der Waals surface area contributed by atoms with Crippen molar-refractivity contribution in [2.75, 3.05) is 6.54 Å². The third-order valence-electron chi connectivity index (χ3n) is 2.85. The van der Waals surface area contributed by atoms with E-state index in [0.29, 0.717) is 0 Å². The fraction of sp³-hybridized carbons (Fsp3) is 0.0769. The summed E-state index contributed by atoms with van der Waals surface area (Å²) >= 11 is 0. The Labute approximate surface area is 103 Å². The number of piperazine rings is 1. The highest BCUT2D eigenvalue weighted by atomic mass is 16.2. The Hall–Kier alpha value is -2.56. The van der Waals surface area contributed by atoms with Gasteiger partial charge in [0.1, 0.15) is 5.70 Å². The summed E-state index contributed by atoms with van der Waals surface area (Å²) in [5.41, 5.74) is 2.14. The average molecular weight is 241 g/mol. The average Bonchev–Trinajstić information content (AvgIpc) is 2.78. The highest BCUT2D eigenvalue weighted by Gasteiger charge is 2.19. The molecule has 18 heavy (non-hydrogen) atoms. The first-order chi connectivity index (χ1) is 8.74. The highest BCUT2D eigenvalue weighted by molar-refractivity contribution is 6.07. The number of amides is 2. The zero-order valence-corrected chi connectivity index (χ0v) is 9.49. The predicted molar refractivity (Wildman–Crippen MR) is 67.4 cm³/mol. The molecule has 3 rings (SSSR count). The molecule has 5 heteroatoms. The van der Waals surface area contributed by atoms with Gasteiger partial charge in [0, 0.05) is 22.7 Å². The number of rotatable bonds is 1. The summed E-state index contributed by atoms with van der Waals surface area (Å²) in [5.74, 6) is -0.472. The second-order valence-electron chi connectivity index (χ2n) is 4.08. The van der Waals surface area contributed by atoms with Gasteiger partial charge in [0.2, 0.25) is 5.91 Å². The molecule has 1 aromatic heterocycles. The van der Waals surface area contributed by atoms with Crippen molar-refractivity contribution in [3.05, 3.63) is 41.7 Å². The molecular weight excluding hydrogens is 230 g/mol. The van der Waals surface area contributed by atoms with Gasteiger partial charge in [0.25, 0.3) is 5.91 Å². The number of carbonyl (C=O) groups is 2. The maximum Gasteiger partial charge on any atom is 0.268 e. The Balaban J connectivity index is 2.04. The van der Waals surface area contributed by atoms with Crippen molar-refractivity contribution in [3.8, 4) is 0 Å². The number of para-hydroxylation sites is 1. The van der Waals surface area contributed by atoms with Crippen molar-refractivity contribution in [2.45, 2.75) is 0 Å². The van der Waals surface area contributed by atoms with Crippen molar-refractivity contribution in [1.29, 1.82) is 0 Å². The third-order valence-corrected chi connectivity index (χ3v) is 2.85. The molecule has 0 spiro atoms. The summed E-state index contributed by atoms with van der Waals surface area (Å²) in [6, 6.07) is 7.78. The van der Waals surface area contributed by atoms with Gasteiger partial charge in [-0.2, -0.15) is 0 Å². The van der Waals surface area contributed by atoms with Gasteiger partial charge in [0.05, 0.1) is 6.54 Å². The molecule has 0 unspecified atom stereocenters. The molecule has 1 aromatic carbocycles. The van der Waals surface area contributed by atoms with Gasteiger partial charge in [-0.1, -0.05) is 18.2 Å². The molecule has 2 amide bonds. The van der Waals surface area contributed by atoms with Crippen LogP contribution < -0.4 is 10.6 Å². The van der Waals surface area contributed by atoms with E-state index in [4.69, 9.17) is 0 Å². The van der Waals surface area contributed by atoms with Crippen LogP contribution >= 0.6 is 0 Å². The van der Waals surface area contributed by atoms with Crippen LogP contribution in [0.5, 0.6) is 0 Å². The van der Waals surface area contributed by atoms with E-state index >= 15 is 0 Å². The Morgan fingerprint density at radius 3 is 2.89 bits per heavy atom. The fourth-order valence-electron chi connectivity index (χ4n) is 1.98. The van der Waals surface area contributed by atoms with Crippen LogP contribution in [0.3, 0.4) is 0 Å². The number of aromatic amines is 1. The molecule has 0 bridgehead atoms. The van der Waals surface area contributed by atoms with Gasteiger partial charge in [0.15, 0.2) is 0 Å². The zero-order valence-electron chi connectivity index (χ0n) is 9.49. The first-order valence-electron chi connectivity index (χ1n) is 5.60. The molecule has 0 aliphatic carbocycles. The van der Waals surface area contributed by atoms with Crippen LogP contribution in [-0.4, -0.2) is 23.3 Å². The minimum atomic E-state index is -0.264. The lowest BCUT2D eigenvalue weighted by Crippen LogP contribution is -2.46. The summed E-state index contributed by atoms with van der Waals surface area (Å²) in [6.45, 7) is 0.0318. The first kappa shape index (κ1) is 10.6. The fourth-order valence-corrected chi connectivity index (χ4v) is 1.98. The maximum atomic E-state index is 11.6. The smallest absolute Gasteiger partial charge is 0.268 e. The Kier molecular flexibility index (Phi) is 2.37. The molecule has 0 atom stereocenters. The molecule has 1 aliphatic rings. The third kappa shape index (κ3) is 1.75. The van der Waals surface area contributed by atoms with Crippen LogP contribution in [0, 0.1) is 0 Å². The normalized spacial score (nSPS) is 17.9. The van der Waals surface area contributed by atoms with Gasteiger partial charge < -0.3 is 15.6 Å². The Bertz CT molecular complexity index is 670. The second kappa shape index (κ2) is 4.03. The van der Waals surface area contributed by atoms with Gasteiger partial charge >= 0.3 is 0 Å². The largest absolute Gasteiger partial charge is 0.361 e. The van der Waals surface area contributed by atoms with Crippen LogP contribution in [0.4, 0.5) is 0 Å². The molecule has 2 heterocycles. The van der Waals surface area contributed by atoms with Gasteiger partial charge in [-0.15, -0.1) is 0 Å². The number of hydrogen-bond acceptors (Lipinski definition) is 2. The monoisotopic (exact) mass is 241 g/mol. The lowest BCUT2D eigenvalue weighted by Gasteiger charge is -2.15. The summed E-state index contributed by atoms with van der Waals surface area (Å²) in [5, 5.41) is 6.09. The lowest BCUT2D eigenvalue weighted by atomic mass is 10.1. The molecule has 90 valence electrons. The number of hydrogen-bond donors (Lipinski definition) is 3. The number of benzene rings is 1.